The van der Waals surface area contributed by atoms with Gasteiger partial charge in [0.05, 0.1) is 29.4 Å². The van der Waals surface area contributed by atoms with Crippen molar-refractivity contribution in [3.63, 3.8) is 0 Å². The Morgan fingerprint density at radius 1 is 1.00 bits per heavy atom. The summed E-state index contributed by atoms with van der Waals surface area (Å²) in [6.45, 7) is 0.549. The van der Waals surface area contributed by atoms with Gasteiger partial charge < -0.3 is 24.3 Å². The first-order valence-electron chi connectivity index (χ1n) is 11.7. The molecule has 0 spiro atoms. The minimum absolute atomic E-state index is 0.236. The van der Waals surface area contributed by atoms with E-state index in [1.165, 1.54) is 6.33 Å². The van der Waals surface area contributed by atoms with Crippen molar-refractivity contribution >= 4 is 22.8 Å². The van der Waals surface area contributed by atoms with E-state index in [1.54, 1.807) is 23.3 Å². The standard InChI is InChI=1S/C25H20ClN7O4/c26-16-7-17-24(32-25(30-17)37-19-10-36-22-18(34)9-35-23(19)22)31-21(16)14-3-1-13(2-4-14)15-5-6-20(28-8-15)33-12-27-11-29-33/h1-8,11-12,18-19,22-23,34H,9-10H2,(H,30,31,32)/t18-,19-,22-,23?/m1/s1. The number of fused-ring (bicyclic) bond motifs is 2. The van der Waals surface area contributed by atoms with Gasteiger partial charge in [0.2, 0.25) is 0 Å². The summed E-state index contributed by atoms with van der Waals surface area (Å²) in [5.41, 5.74) is 4.58. The highest BCUT2D eigenvalue weighted by molar-refractivity contribution is 6.33. The number of aromatic nitrogens is 7. The number of hydrogen-bond acceptors (Lipinski definition) is 9. The van der Waals surface area contributed by atoms with E-state index < -0.39 is 6.10 Å². The Bertz CT molecular complexity index is 1560. The number of halogens is 1. The van der Waals surface area contributed by atoms with Crippen LogP contribution in [0, 0.1) is 0 Å². The highest BCUT2D eigenvalue weighted by atomic mass is 35.5. The van der Waals surface area contributed by atoms with E-state index in [1.807, 2.05) is 36.4 Å². The van der Waals surface area contributed by atoms with E-state index in [0.717, 1.165) is 16.7 Å². The Morgan fingerprint density at radius 2 is 1.81 bits per heavy atom. The maximum Gasteiger partial charge on any atom is 0.296 e. The first-order valence-corrected chi connectivity index (χ1v) is 12.1. The number of hydrogen-bond donors (Lipinski definition) is 2. The molecule has 2 aliphatic heterocycles. The van der Waals surface area contributed by atoms with Crippen LogP contribution in [0.5, 0.6) is 6.01 Å². The molecule has 1 aromatic carbocycles. The quantitative estimate of drug-likeness (QED) is 0.361. The van der Waals surface area contributed by atoms with Crippen LogP contribution in [-0.4, -0.2) is 77.4 Å². The number of aliphatic hydroxyl groups is 1. The normalized spacial score (nSPS) is 23.0. The molecule has 0 amide bonds. The summed E-state index contributed by atoms with van der Waals surface area (Å²) in [5.74, 6) is 0.693. The predicted molar refractivity (Wildman–Crippen MR) is 132 cm³/mol. The van der Waals surface area contributed by atoms with Crippen molar-refractivity contribution in [3.05, 3.63) is 66.3 Å². The molecule has 1 unspecified atom stereocenters. The van der Waals surface area contributed by atoms with E-state index in [-0.39, 0.29) is 24.9 Å². The third kappa shape index (κ3) is 4.02. The van der Waals surface area contributed by atoms with Crippen molar-refractivity contribution in [3.8, 4) is 34.2 Å². The summed E-state index contributed by atoms with van der Waals surface area (Å²) >= 11 is 6.59. The fourth-order valence-corrected chi connectivity index (χ4v) is 4.94. The molecule has 186 valence electrons. The number of nitrogens with one attached hydrogen (secondary N) is 1. The van der Waals surface area contributed by atoms with E-state index in [2.05, 4.69) is 30.0 Å². The third-order valence-electron chi connectivity index (χ3n) is 6.54. The summed E-state index contributed by atoms with van der Waals surface area (Å²) in [4.78, 5) is 20.7. The first kappa shape index (κ1) is 22.3. The lowest BCUT2D eigenvalue weighted by atomic mass is 10.0. The molecule has 0 radical (unpaired) electrons. The lowest BCUT2D eigenvalue weighted by Gasteiger charge is -2.15. The van der Waals surface area contributed by atoms with Crippen LogP contribution in [0.25, 0.3) is 39.4 Å². The van der Waals surface area contributed by atoms with Crippen molar-refractivity contribution in [1.29, 1.82) is 0 Å². The summed E-state index contributed by atoms with van der Waals surface area (Å²) in [6, 6.07) is 13.9. The smallest absolute Gasteiger partial charge is 0.296 e. The molecule has 7 rings (SSSR count). The Labute approximate surface area is 215 Å². The number of aliphatic hydroxyl groups excluding tert-OH is 1. The van der Waals surface area contributed by atoms with Crippen molar-refractivity contribution in [2.45, 2.75) is 24.4 Å². The number of imidazole rings is 1. The molecule has 0 aliphatic carbocycles. The van der Waals surface area contributed by atoms with Crippen LogP contribution >= 0.6 is 11.6 Å². The maximum absolute atomic E-state index is 9.93. The maximum atomic E-state index is 9.93. The van der Waals surface area contributed by atoms with Gasteiger partial charge in [-0.1, -0.05) is 35.9 Å². The predicted octanol–water partition coefficient (Wildman–Crippen LogP) is 2.83. The first-order chi connectivity index (χ1) is 18.1. The van der Waals surface area contributed by atoms with Crippen LogP contribution in [0.2, 0.25) is 5.02 Å². The highest BCUT2D eigenvalue weighted by Gasteiger charge is 2.48. The number of nitrogens with zero attached hydrogens (tertiary/aromatic N) is 6. The van der Waals surface area contributed by atoms with Crippen molar-refractivity contribution in [2.24, 2.45) is 0 Å². The van der Waals surface area contributed by atoms with Crippen LogP contribution in [0.15, 0.2) is 61.3 Å². The summed E-state index contributed by atoms with van der Waals surface area (Å²) < 4.78 is 18.8. The number of H-pyrrole nitrogens is 1. The molecular formula is C25H20ClN7O4. The average molecular weight is 518 g/mol. The number of benzene rings is 1. The van der Waals surface area contributed by atoms with E-state index in [0.29, 0.717) is 40.3 Å². The highest BCUT2D eigenvalue weighted by Crippen LogP contribution is 2.33. The molecule has 2 saturated heterocycles. The van der Waals surface area contributed by atoms with Gasteiger partial charge in [-0.3, -0.25) is 0 Å². The molecule has 2 fully saturated rings. The zero-order valence-electron chi connectivity index (χ0n) is 19.2. The Balaban J connectivity index is 1.11. The summed E-state index contributed by atoms with van der Waals surface area (Å²) in [7, 11) is 0. The largest absolute Gasteiger partial charge is 0.456 e. The van der Waals surface area contributed by atoms with Crippen LogP contribution < -0.4 is 4.74 Å². The van der Waals surface area contributed by atoms with Gasteiger partial charge in [-0.2, -0.15) is 10.1 Å². The zero-order chi connectivity index (χ0) is 24.9. The van der Waals surface area contributed by atoms with Gasteiger partial charge in [0, 0.05) is 17.3 Å². The van der Waals surface area contributed by atoms with Crippen molar-refractivity contribution in [2.75, 3.05) is 13.2 Å². The molecule has 6 heterocycles. The average Bonchev–Trinajstić information content (AvgIpc) is 3.71. The van der Waals surface area contributed by atoms with E-state index in [4.69, 9.17) is 25.8 Å². The molecule has 11 nitrogen and oxygen atoms in total. The van der Waals surface area contributed by atoms with Gasteiger partial charge in [-0.05, 0) is 23.8 Å². The van der Waals surface area contributed by atoms with Crippen molar-refractivity contribution < 1.29 is 19.3 Å². The molecule has 4 atom stereocenters. The summed E-state index contributed by atoms with van der Waals surface area (Å²) in [6.07, 6.45) is 3.15. The molecule has 5 aromatic rings. The van der Waals surface area contributed by atoms with Crippen LogP contribution in [0.4, 0.5) is 0 Å². The minimum atomic E-state index is -0.640. The van der Waals surface area contributed by atoms with Crippen LogP contribution in [-0.2, 0) is 9.47 Å². The van der Waals surface area contributed by atoms with Gasteiger partial charge in [0.1, 0.15) is 31.0 Å². The topological polar surface area (TPSA) is 133 Å². The third-order valence-corrected chi connectivity index (χ3v) is 6.83. The number of pyridine rings is 2. The number of ether oxygens (including phenoxy) is 3. The lowest BCUT2D eigenvalue weighted by Crippen LogP contribution is -2.34. The minimum Gasteiger partial charge on any atom is -0.456 e. The SMILES string of the molecule is O[C@@H]1COC2[C@H](Oc3nc4nc(-c5ccc(-c6ccc(-n7cncn7)nc6)cc5)c(Cl)cc4[nH]3)CO[C@@H]21. The van der Waals surface area contributed by atoms with Crippen molar-refractivity contribution in [1.82, 2.24) is 34.7 Å². The summed E-state index contributed by atoms with van der Waals surface area (Å²) in [5, 5.41) is 14.5. The van der Waals surface area contributed by atoms with Crippen LogP contribution in [0.3, 0.4) is 0 Å². The second-order valence-corrected chi connectivity index (χ2v) is 9.28. The second-order valence-electron chi connectivity index (χ2n) is 8.87. The molecular weight excluding hydrogens is 498 g/mol. The fraction of sp³-hybridized carbons (Fsp3) is 0.240. The Hall–Kier alpha value is -3.90. The monoisotopic (exact) mass is 517 g/mol. The van der Waals surface area contributed by atoms with Crippen LogP contribution in [0.1, 0.15) is 0 Å². The van der Waals surface area contributed by atoms with Gasteiger partial charge in [-0.15, -0.1) is 0 Å². The van der Waals surface area contributed by atoms with Gasteiger partial charge in [-0.25, -0.2) is 19.6 Å². The van der Waals surface area contributed by atoms with Gasteiger partial charge in [0.15, 0.2) is 17.6 Å². The Morgan fingerprint density at radius 3 is 2.59 bits per heavy atom. The van der Waals surface area contributed by atoms with E-state index >= 15 is 0 Å². The molecule has 0 bridgehead atoms. The zero-order valence-corrected chi connectivity index (χ0v) is 20.0. The number of aromatic amines is 1. The molecule has 37 heavy (non-hydrogen) atoms. The van der Waals surface area contributed by atoms with Gasteiger partial charge in [0.25, 0.3) is 6.01 Å². The molecule has 2 aliphatic rings. The van der Waals surface area contributed by atoms with E-state index in [9.17, 15) is 5.11 Å². The molecule has 12 heteroatoms. The number of rotatable bonds is 5. The second kappa shape index (κ2) is 8.89. The molecule has 4 aromatic heterocycles. The van der Waals surface area contributed by atoms with Gasteiger partial charge >= 0.3 is 0 Å². The Kier molecular flexibility index (Phi) is 5.36. The lowest BCUT2D eigenvalue weighted by molar-refractivity contribution is 0.00706. The molecule has 0 saturated carbocycles. The molecule has 2 N–H and O–H groups in total. The fourth-order valence-electron chi connectivity index (χ4n) is 4.68.